The van der Waals surface area contributed by atoms with E-state index in [9.17, 15) is 18.7 Å². The van der Waals surface area contributed by atoms with Crippen LogP contribution >= 0.6 is 0 Å². The van der Waals surface area contributed by atoms with Gasteiger partial charge < -0.3 is 14.6 Å². The average molecular weight is 405 g/mol. The Morgan fingerprint density at radius 3 is 2.48 bits per heavy atom. The number of imidazole rings is 1. The van der Waals surface area contributed by atoms with Gasteiger partial charge in [-0.25, -0.2) is 13.8 Å². The van der Waals surface area contributed by atoms with E-state index in [0.717, 1.165) is 16.9 Å². The standard InChI is InChI=1S/C22H29F2N3O2/c1-21(2,3)20-25-17-10-15(19(29)26-12-16(28)13-26)4-5-18(17)27(20)11-14-6-8-22(23,24)9-7-14/h4-5,10,14,16,28H,6-9,11-13H2,1-3H3. The molecule has 0 bridgehead atoms. The fraction of sp³-hybridized carbons (Fsp3) is 0.636. The molecule has 29 heavy (non-hydrogen) atoms. The van der Waals surface area contributed by atoms with Crippen LogP contribution in [0.4, 0.5) is 8.78 Å². The molecule has 2 aromatic rings. The number of hydrogen-bond acceptors (Lipinski definition) is 3. The number of halogens is 2. The maximum atomic E-state index is 13.6. The van der Waals surface area contributed by atoms with Gasteiger partial charge in [0, 0.05) is 43.5 Å². The van der Waals surface area contributed by atoms with Crippen LogP contribution < -0.4 is 0 Å². The number of carbonyl (C=O) groups is 1. The highest BCUT2D eigenvalue weighted by atomic mass is 19.3. The lowest BCUT2D eigenvalue weighted by molar-refractivity contribution is -0.0473. The molecule has 2 aliphatic rings. The topological polar surface area (TPSA) is 58.4 Å². The van der Waals surface area contributed by atoms with Gasteiger partial charge in [-0.2, -0.15) is 0 Å². The maximum Gasteiger partial charge on any atom is 0.254 e. The van der Waals surface area contributed by atoms with E-state index in [1.54, 1.807) is 11.0 Å². The number of aromatic nitrogens is 2. The molecule has 158 valence electrons. The molecule has 2 fully saturated rings. The molecule has 1 aromatic heterocycles. The first-order valence-electron chi connectivity index (χ1n) is 10.4. The van der Waals surface area contributed by atoms with E-state index >= 15 is 0 Å². The molecular formula is C22H29F2N3O2. The Kier molecular flexibility index (Phi) is 4.92. The summed E-state index contributed by atoms with van der Waals surface area (Å²) < 4.78 is 29.3. The normalized spacial score (nSPS) is 20.8. The Morgan fingerprint density at radius 2 is 1.90 bits per heavy atom. The smallest absolute Gasteiger partial charge is 0.254 e. The van der Waals surface area contributed by atoms with Gasteiger partial charge in [0.05, 0.1) is 17.1 Å². The SMILES string of the molecule is CC(C)(C)c1nc2cc(C(=O)N3CC(O)C3)ccc2n1CC1CCC(F)(F)CC1. The predicted octanol–water partition coefficient (Wildman–Crippen LogP) is 3.98. The average Bonchev–Trinajstić information content (AvgIpc) is 2.98. The van der Waals surface area contributed by atoms with Crippen molar-refractivity contribution < 1.29 is 18.7 Å². The van der Waals surface area contributed by atoms with Gasteiger partial charge in [-0.3, -0.25) is 4.79 Å². The minimum absolute atomic E-state index is 0.0461. The summed E-state index contributed by atoms with van der Waals surface area (Å²) in [5, 5.41) is 9.45. The summed E-state index contributed by atoms with van der Waals surface area (Å²) in [6.45, 7) is 7.67. The quantitative estimate of drug-likeness (QED) is 0.841. The summed E-state index contributed by atoms with van der Waals surface area (Å²) >= 11 is 0. The van der Waals surface area contributed by atoms with Crippen LogP contribution in [-0.4, -0.2) is 50.6 Å². The Labute approximate surface area is 169 Å². The zero-order valence-electron chi connectivity index (χ0n) is 17.3. The lowest BCUT2D eigenvalue weighted by Gasteiger charge is -2.35. The number of β-amino-alcohol motifs (C(OH)–C–C–N with tert-alkyl or cyclic N) is 1. The highest BCUT2D eigenvalue weighted by Crippen LogP contribution is 2.38. The zero-order chi connectivity index (χ0) is 21.0. The van der Waals surface area contributed by atoms with Gasteiger partial charge in [-0.15, -0.1) is 0 Å². The molecule has 2 heterocycles. The summed E-state index contributed by atoms with van der Waals surface area (Å²) in [6.07, 6.45) is 0.511. The van der Waals surface area contributed by atoms with Crippen molar-refractivity contribution >= 4 is 16.9 Å². The van der Waals surface area contributed by atoms with Crippen molar-refractivity contribution in [2.75, 3.05) is 13.1 Å². The van der Waals surface area contributed by atoms with Crippen LogP contribution in [0, 0.1) is 5.92 Å². The summed E-state index contributed by atoms with van der Waals surface area (Å²) in [5.41, 5.74) is 2.05. The van der Waals surface area contributed by atoms with Crippen molar-refractivity contribution in [2.24, 2.45) is 5.92 Å². The summed E-state index contributed by atoms with van der Waals surface area (Å²) in [7, 11) is 0. The van der Waals surface area contributed by atoms with E-state index < -0.39 is 12.0 Å². The van der Waals surface area contributed by atoms with Gasteiger partial charge in [0.2, 0.25) is 5.92 Å². The zero-order valence-corrected chi connectivity index (χ0v) is 17.3. The first kappa shape index (κ1) is 20.3. The van der Waals surface area contributed by atoms with E-state index in [4.69, 9.17) is 4.98 Å². The molecule has 7 heteroatoms. The van der Waals surface area contributed by atoms with Crippen LogP contribution in [0.3, 0.4) is 0 Å². The van der Waals surface area contributed by atoms with Gasteiger partial charge in [0.25, 0.3) is 5.91 Å². The van der Waals surface area contributed by atoms with Crippen molar-refractivity contribution in [1.29, 1.82) is 0 Å². The number of fused-ring (bicyclic) bond motifs is 1. The number of aliphatic hydroxyl groups excluding tert-OH is 1. The number of likely N-dealkylation sites (tertiary alicyclic amines) is 1. The van der Waals surface area contributed by atoms with Gasteiger partial charge in [-0.1, -0.05) is 20.8 Å². The first-order chi connectivity index (χ1) is 13.5. The van der Waals surface area contributed by atoms with Crippen molar-refractivity contribution in [1.82, 2.24) is 14.5 Å². The Bertz CT molecular complexity index is 916. The molecule has 1 aromatic carbocycles. The molecule has 0 atom stereocenters. The second-order valence-corrected chi connectivity index (χ2v) is 9.66. The molecular weight excluding hydrogens is 376 g/mol. The van der Waals surface area contributed by atoms with Gasteiger partial charge in [0.15, 0.2) is 0 Å². The molecule has 1 saturated carbocycles. The van der Waals surface area contributed by atoms with Crippen molar-refractivity contribution in [3.8, 4) is 0 Å². The lowest BCUT2D eigenvalue weighted by atomic mass is 9.86. The number of rotatable bonds is 3. The van der Waals surface area contributed by atoms with Gasteiger partial charge >= 0.3 is 0 Å². The fourth-order valence-corrected chi connectivity index (χ4v) is 4.36. The number of amides is 1. The number of carbonyl (C=O) groups excluding carboxylic acids is 1. The first-order valence-corrected chi connectivity index (χ1v) is 10.4. The largest absolute Gasteiger partial charge is 0.389 e. The van der Waals surface area contributed by atoms with Crippen LogP contribution in [-0.2, 0) is 12.0 Å². The van der Waals surface area contributed by atoms with E-state index in [2.05, 4.69) is 25.3 Å². The van der Waals surface area contributed by atoms with Crippen LogP contribution in [0.1, 0.15) is 62.6 Å². The molecule has 1 N–H and O–H groups in total. The molecule has 1 saturated heterocycles. The third kappa shape index (κ3) is 4.02. The Hall–Kier alpha value is -2.02. The van der Waals surface area contributed by atoms with E-state index in [1.807, 2.05) is 12.1 Å². The Morgan fingerprint density at radius 1 is 1.24 bits per heavy atom. The van der Waals surface area contributed by atoms with Crippen LogP contribution in [0.15, 0.2) is 18.2 Å². The Balaban J connectivity index is 1.64. The molecule has 5 nitrogen and oxygen atoms in total. The number of benzene rings is 1. The van der Waals surface area contributed by atoms with Gasteiger partial charge in [-0.05, 0) is 37.0 Å². The molecule has 1 aliphatic heterocycles. The van der Waals surface area contributed by atoms with E-state index in [-0.39, 0.29) is 30.1 Å². The molecule has 1 amide bonds. The van der Waals surface area contributed by atoms with E-state index in [0.29, 0.717) is 38.0 Å². The fourth-order valence-electron chi connectivity index (χ4n) is 4.36. The van der Waals surface area contributed by atoms with Crippen molar-refractivity contribution in [3.63, 3.8) is 0 Å². The molecule has 4 rings (SSSR count). The lowest BCUT2D eigenvalue weighted by Crippen LogP contribution is -2.53. The third-order valence-electron chi connectivity index (χ3n) is 6.09. The highest BCUT2D eigenvalue weighted by molar-refractivity contribution is 5.98. The van der Waals surface area contributed by atoms with Crippen LogP contribution in [0.25, 0.3) is 11.0 Å². The number of hydrogen-bond donors (Lipinski definition) is 1. The molecule has 0 radical (unpaired) electrons. The minimum atomic E-state index is -2.53. The summed E-state index contributed by atoms with van der Waals surface area (Å²) in [6, 6.07) is 5.52. The highest BCUT2D eigenvalue weighted by Gasteiger charge is 2.36. The second-order valence-electron chi connectivity index (χ2n) is 9.66. The number of aliphatic hydroxyl groups is 1. The summed E-state index contributed by atoms with van der Waals surface area (Å²) in [4.78, 5) is 19.0. The van der Waals surface area contributed by atoms with Crippen molar-refractivity contribution in [3.05, 3.63) is 29.6 Å². The molecule has 1 aliphatic carbocycles. The maximum absolute atomic E-state index is 13.6. The second kappa shape index (κ2) is 7.04. The summed E-state index contributed by atoms with van der Waals surface area (Å²) in [5.74, 6) is -1.51. The predicted molar refractivity (Wildman–Crippen MR) is 107 cm³/mol. The monoisotopic (exact) mass is 405 g/mol. The van der Waals surface area contributed by atoms with E-state index in [1.165, 1.54) is 0 Å². The van der Waals surface area contributed by atoms with Crippen LogP contribution in [0.2, 0.25) is 0 Å². The number of nitrogens with zero attached hydrogens (tertiary/aromatic N) is 3. The van der Waals surface area contributed by atoms with Crippen LogP contribution in [0.5, 0.6) is 0 Å². The number of alkyl halides is 2. The molecule has 0 unspecified atom stereocenters. The minimum Gasteiger partial charge on any atom is -0.389 e. The molecule has 0 spiro atoms. The van der Waals surface area contributed by atoms with Crippen molar-refractivity contribution in [2.45, 2.75) is 70.4 Å². The third-order valence-corrected chi connectivity index (χ3v) is 6.09. The van der Waals surface area contributed by atoms with Gasteiger partial charge in [0.1, 0.15) is 5.82 Å².